The summed E-state index contributed by atoms with van der Waals surface area (Å²) in [7, 11) is -1.40. The Labute approximate surface area is 119 Å². The summed E-state index contributed by atoms with van der Waals surface area (Å²) in [5.74, 6) is -0.269. The fraction of sp³-hybridized carbons (Fsp3) is 0.500. The highest BCUT2D eigenvalue weighted by Crippen LogP contribution is 2.25. The van der Waals surface area contributed by atoms with Gasteiger partial charge in [0.15, 0.2) is 0 Å². The fourth-order valence-corrected chi connectivity index (χ4v) is 3.00. The second kappa shape index (κ2) is 5.93. The second-order valence-electron chi connectivity index (χ2n) is 5.27. The van der Waals surface area contributed by atoms with Crippen molar-refractivity contribution in [3.63, 3.8) is 0 Å². The zero-order valence-corrected chi connectivity index (χ0v) is 12.6. The molecule has 0 aromatic heterocycles. The number of carbonyl (C=O) groups is 1. The molecule has 5 nitrogen and oxygen atoms in total. The van der Waals surface area contributed by atoms with Crippen LogP contribution in [0.25, 0.3) is 0 Å². The maximum atomic E-state index is 12.5. The van der Waals surface area contributed by atoms with Crippen LogP contribution in [-0.2, 0) is 21.2 Å². The third kappa shape index (κ3) is 3.58. The Bertz CT molecular complexity index is 598. The molecule has 1 N–H and O–H groups in total. The first-order valence-electron chi connectivity index (χ1n) is 6.60. The van der Waals surface area contributed by atoms with E-state index in [0.29, 0.717) is 6.54 Å². The Kier molecular flexibility index (Phi) is 4.45. The topological polar surface area (TPSA) is 66.5 Å². The first-order chi connectivity index (χ1) is 9.38. The quantitative estimate of drug-likeness (QED) is 0.872. The molecular weight excluding hydrogens is 276 g/mol. The van der Waals surface area contributed by atoms with Gasteiger partial charge in [-0.1, -0.05) is 24.3 Å². The van der Waals surface area contributed by atoms with Gasteiger partial charge < -0.3 is 10.2 Å². The summed E-state index contributed by atoms with van der Waals surface area (Å²) in [5, 5.41) is 3.23. The second-order valence-corrected chi connectivity index (χ2v) is 7.53. The van der Waals surface area contributed by atoms with Crippen LogP contribution in [0.5, 0.6) is 0 Å². The standard InChI is InChI=1S/C14H20N2O3S/c1-16(7-8-20(2,18)19)14(17)13-10-15-9-11-5-3-4-6-12(11)13/h3-6,13,15H,7-10H2,1-2H3. The van der Waals surface area contributed by atoms with E-state index in [0.717, 1.165) is 17.7 Å². The van der Waals surface area contributed by atoms with E-state index >= 15 is 0 Å². The lowest BCUT2D eigenvalue weighted by molar-refractivity contribution is -0.131. The number of hydrogen-bond donors (Lipinski definition) is 1. The Hall–Kier alpha value is -1.40. The molecule has 0 saturated heterocycles. The van der Waals surface area contributed by atoms with Crippen LogP contribution in [0, 0.1) is 0 Å². The summed E-state index contributed by atoms with van der Waals surface area (Å²) in [4.78, 5) is 14.0. The number of nitrogens with zero attached hydrogens (tertiary/aromatic N) is 1. The molecule has 0 radical (unpaired) electrons. The SMILES string of the molecule is CN(CCS(C)(=O)=O)C(=O)C1CNCc2ccccc21. The molecule has 0 fully saturated rings. The van der Waals surface area contributed by atoms with E-state index in [1.54, 1.807) is 7.05 Å². The number of hydrogen-bond acceptors (Lipinski definition) is 4. The number of benzene rings is 1. The monoisotopic (exact) mass is 296 g/mol. The molecule has 1 amide bonds. The van der Waals surface area contributed by atoms with Gasteiger partial charge in [-0.15, -0.1) is 0 Å². The van der Waals surface area contributed by atoms with Crippen LogP contribution < -0.4 is 5.32 Å². The Morgan fingerprint density at radius 2 is 2.10 bits per heavy atom. The maximum Gasteiger partial charge on any atom is 0.231 e. The Morgan fingerprint density at radius 1 is 1.40 bits per heavy atom. The zero-order valence-electron chi connectivity index (χ0n) is 11.8. The summed E-state index contributed by atoms with van der Waals surface area (Å²) in [5.41, 5.74) is 2.18. The average molecular weight is 296 g/mol. The predicted molar refractivity (Wildman–Crippen MR) is 78.2 cm³/mol. The number of likely N-dealkylation sites (N-methyl/N-ethyl adjacent to an activating group) is 1. The van der Waals surface area contributed by atoms with E-state index in [-0.39, 0.29) is 24.1 Å². The predicted octanol–water partition coefficient (Wildman–Crippen LogP) is 0.376. The van der Waals surface area contributed by atoms with Crippen LogP contribution in [0.1, 0.15) is 17.0 Å². The lowest BCUT2D eigenvalue weighted by atomic mass is 9.90. The van der Waals surface area contributed by atoms with Crippen LogP contribution in [0.15, 0.2) is 24.3 Å². The van der Waals surface area contributed by atoms with E-state index in [1.807, 2.05) is 24.3 Å². The number of nitrogens with one attached hydrogen (secondary N) is 1. The minimum Gasteiger partial charge on any atom is -0.344 e. The molecule has 0 aliphatic carbocycles. The third-order valence-electron chi connectivity index (χ3n) is 3.57. The summed E-state index contributed by atoms with van der Waals surface area (Å²) >= 11 is 0. The van der Waals surface area contributed by atoms with Gasteiger partial charge in [-0.3, -0.25) is 4.79 Å². The number of amides is 1. The first kappa shape index (κ1) is 15.0. The Morgan fingerprint density at radius 3 is 2.80 bits per heavy atom. The van der Waals surface area contributed by atoms with E-state index < -0.39 is 9.84 Å². The first-order valence-corrected chi connectivity index (χ1v) is 8.66. The number of fused-ring (bicyclic) bond motifs is 1. The largest absolute Gasteiger partial charge is 0.344 e. The van der Waals surface area contributed by atoms with Crippen LogP contribution in [0.2, 0.25) is 0 Å². The number of rotatable bonds is 4. The van der Waals surface area contributed by atoms with E-state index in [2.05, 4.69) is 5.32 Å². The van der Waals surface area contributed by atoms with Gasteiger partial charge in [0.05, 0.1) is 11.7 Å². The van der Waals surface area contributed by atoms with E-state index in [4.69, 9.17) is 0 Å². The minimum atomic E-state index is -3.05. The normalized spacial score (nSPS) is 18.4. The molecule has 1 atom stereocenters. The molecule has 1 aliphatic heterocycles. The van der Waals surface area contributed by atoms with E-state index in [1.165, 1.54) is 11.2 Å². The minimum absolute atomic E-state index is 0.00294. The molecule has 1 aliphatic rings. The zero-order chi connectivity index (χ0) is 14.8. The van der Waals surface area contributed by atoms with Crippen molar-refractivity contribution < 1.29 is 13.2 Å². The van der Waals surface area contributed by atoms with Crippen molar-refractivity contribution in [3.05, 3.63) is 35.4 Å². The molecule has 1 aromatic rings. The van der Waals surface area contributed by atoms with Crippen LogP contribution in [0.4, 0.5) is 0 Å². The van der Waals surface area contributed by atoms with Crippen molar-refractivity contribution in [2.75, 3.05) is 32.1 Å². The molecule has 1 heterocycles. The molecule has 1 aromatic carbocycles. The van der Waals surface area contributed by atoms with Crippen molar-refractivity contribution in [2.24, 2.45) is 0 Å². The summed E-state index contributed by atoms with van der Waals surface area (Å²) in [6, 6.07) is 7.88. The van der Waals surface area contributed by atoms with Crippen LogP contribution in [-0.4, -0.2) is 51.4 Å². The van der Waals surface area contributed by atoms with Crippen molar-refractivity contribution in [3.8, 4) is 0 Å². The van der Waals surface area contributed by atoms with Gasteiger partial charge >= 0.3 is 0 Å². The molecule has 0 spiro atoms. The molecule has 0 saturated carbocycles. The molecule has 0 bridgehead atoms. The molecule has 6 heteroatoms. The van der Waals surface area contributed by atoms with Gasteiger partial charge in [-0.05, 0) is 11.1 Å². The highest BCUT2D eigenvalue weighted by Gasteiger charge is 2.28. The van der Waals surface area contributed by atoms with Crippen molar-refractivity contribution in [2.45, 2.75) is 12.5 Å². The highest BCUT2D eigenvalue weighted by atomic mass is 32.2. The van der Waals surface area contributed by atoms with Crippen LogP contribution in [0.3, 0.4) is 0 Å². The lowest BCUT2D eigenvalue weighted by Gasteiger charge is -2.29. The highest BCUT2D eigenvalue weighted by molar-refractivity contribution is 7.90. The number of carbonyl (C=O) groups excluding carboxylic acids is 1. The van der Waals surface area contributed by atoms with E-state index in [9.17, 15) is 13.2 Å². The van der Waals surface area contributed by atoms with Crippen molar-refractivity contribution in [1.82, 2.24) is 10.2 Å². The maximum absolute atomic E-state index is 12.5. The van der Waals surface area contributed by atoms with Gasteiger partial charge in [0.2, 0.25) is 5.91 Å². The molecular formula is C14H20N2O3S. The van der Waals surface area contributed by atoms with Gasteiger partial charge in [0.25, 0.3) is 0 Å². The Balaban J connectivity index is 2.10. The summed E-state index contributed by atoms with van der Waals surface area (Å²) < 4.78 is 22.4. The van der Waals surface area contributed by atoms with Gasteiger partial charge in [0.1, 0.15) is 9.84 Å². The summed E-state index contributed by atoms with van der Waals surface area (Å²) in [6.07, 6.45) is 1.18. The van der Waals surface area contributed by atoms with Crippen molar-refractivity contribution in [1.29, 1.82) is 0 Å². The smallest absolute Gasteiger partial charge is 0.231 e. The molecule has 2 rings (SSSR count). The lowest BCUT2D eigenvalue weighted by Crippen LogP contribution is -2.41. The van der Waals surface area contributed by atoms with Gasteiger partial charge in [-0.25, -0.2) is 8.42 Å². The molecule has 1 unspecified atom stereocenters. The number of sulfone groups is 1. The van der Waals surface area contributed by atoms with Gasteiger partial charge in [-0.2, -0.15) is 0 Å². The molecule has 110 valence electrons. The van der Waals surface area contributed by atoms with Crippen LogP contribution >= 0.6 is 0 Å². The van der Waals surface area contributed by atoms with Gasteiger partial charge in [0, 0.05) is 32.9 Å². The fourth-order valence-electron chi connectivity index (χ4n) is 2.40. The van der Waals surface area contributed by atoms with Crippen molar-refractivity contribution >= 4 is 15.7 Å². The molecule has 20 heavy (non-hydrogen) atoms. The third-order valence-corrected chi connectivity index (χ3v) is 4.49. The average Bonchev–Trinajstić information content (AvgIpc) is 2.42. The summed E-state index contributed by atoms with van der Waals surface area (Å²) in [6.45, 7) is 1.60.